The molecular formula is C19H25FN2O. The Balaban J connectivity index is 1.44. The van der Waals surface area contributed by atoms with Crippen LogP contribution in [0.25, 0.3) is 0 Å². The van der Waals surface area contributed by atoms with E-state index in [0.29, 0.717) is 23.9 Å². The van der Waals surface area contributed by atoms with Gasteiger partial charge in [0.1, 0.15) is 5.82 Å². The predicted molar refractivity (Wildman–Crippen MR) is 87.6 cm³/mol. The van der Waals surface area contributed by atoms with Gasteiger partial charge in [-0.3, -0.25) is 4.79 Å². The third kappa shape index (κ3) is 2.78. The molecule has 0 spiro atoms. The molecule has 0 N–H and O–H groups in total. The Morgan fingerprint density at radius 1 is 1.09 bits per heavy atom. The molecule has 2 saturated heterocycles. The van der Waals surface area contributed by atoms with Crippen molar-refractivity contribution in [1.82, 2.24) is 9.80 Å². The molecule has 2 heterocycles. The van der Waals surface area contributed by atoms with Gasteiger partial charge in [-0.15, -0.1) is 0 Å². The Morgan fingerprint density at radius 3 is 2.48 bits per heavy atom. The Morgan fingerprint density at radius 2 is 1.78 bits per heavy atom. The van der Waals surface area contributed by atoms with Crippen LogP contribution in [0.3, 0.4) is 0 Å². The first kappa shape index (κ1) is 15.1. The van der Waals surface area contributed by atoms with E-state index in [0.717, 1.165) is 37.9 Å². The summed E-state index contributed by atoms with van der Waals surface area (Å²) in [6.45, 7) is 2.07. The molecule has 23 heavy (non-hydrogen) atoms. The molecule has 3 fully saturated rings. The quantitative estimate of drug-likeness (QED) is 0.856. The molecule has 1 aliphatic carbocycles. The topological polar surface area (TPSA) is 23.6 Å². The number of nitrogens with zero attached hydrogens (tertiary/aromatic N) is 2. The average molecular weight is 316 g/mol. The van der Waals surface area contributed by atoms with Gasteiger partial charge in [0, 0.05) is 24.5 Å². The molecular weight excluding hydrogens is 291 g/mol. The van der Waals surface area contributed by atoms with Gasteiger partial charge < -0.3 is 9.80 Å². The second kappa shape index (κ2) is 5.90. The lowest BCUT2D eigenvalue weighted by atomic mass is 10.0. The molecule has 4 atom stereocenters. The highest BCUT2D eigenvalue weighted by Crippen LogP contribution is 2.49. The van der Waals surface area contributed by atoms with E-state index in [1.807, 2.05) is 12.1 Å². The molecule has 1 amide bonds. The summed E-state index contributed by atoms with van der Waals surface area (Å²) in [6.07, 6.45) is 5.68. The fraction of sp³-hybridized carbons (Fsp3) is 0.632. The summed E-state index contributed by atoms with van der Waals surface area (Å²) in [4.78, 5) is 17.6. The number of rotatable bonds is 3. The monoisotopic (exact) mass is 316 g/mol. The smallest absolute Gasteiger partial charge is 0.226 e. The zero-order valence-corrected chi connectivity index (χ0v) is 13.7. The van der Waals surface area contributed by atoms with E-state index < -0.39 is 0 Å². The summed E-state index contributed by atoms with van der Waals surface area (Å²) in [5.74, 6) is 0.543. The van der Waals surface area contributed by atoms with E-state index in [-0.39, 0.29) is 11.7 Å². The van der Waals surface area contributed by atoms with Crippen LogP contribution < -0.4 is 0 Å². The number of amides is 1. The predicted octanol–water partition coefficient (Wildman–Crippen LogP) is 3.01. The normalized spacial score (nSPS) is 34.1. The van der Waals surface area contributed by atoms with E-state index in [2.05, 4.69) is 16.8 Å². The third-order valence-electron chi connectivity index (χ3n) is 6.01. The van der Waals surface area contributed by atoms with Gasteiger partial charge in [-0.05, 0) is 69.3 Å². The van der Waals surface area contributed by atoms with Crippen molar-refractivity contribution in [2.24, 2.45) is 5.92 Å². The molecule has 0 unspecified atom stereocenters. The summed E-state index contributed by atoms with van der Waals surface area (Å²) in [5.41, 5.74) is 1.11. The highest BCUT2D eigenvalue weighted by Gasteiger charge is 2.49. The fourth-order valence-corrected chi connectivity index (χ4v) is 4.65. The van der Waals surface area contributed by atoms with Gasteiger partial charge in [0.25, 0.3) is 0 Å². The third-order valence-corrected chi connectivity index (χ3v) is 6.01. The van der Waals surface area contributed by atoms with Gasteiger partial charge in [-0.2, -0.15) is 0 Å². The Kier molecular flexibility index (Phi) is 3.88. The Hall–Kier alpha value is -1.42. The summed E-state index contributed by atoms with van der Waals surface area (Å²) in [6, 6.07) is 7.62. The molecule has 2 aliphatic heterocycles. The summed E-state index contributed by atoms with van der Waals surface area (Å²) in [5, 5.41) is 0. The molecule has 4 heteroatoms. The fourth-order valence-electron chi connectivity index (χ4n) is 4.65. The first-order valence-electron chi connectivity index (χ1n) is 8.91. The van der Waals surface area contributed by atoms with Crippen LogP contribution in [0.2, 0.25) is 0 Å². The standard InChI is InChI=1S/C19H25FN2O/c1-21-10-2-4-17(21)18-5-3-11-22(18)19(23)16-12-15(16)13-6-8-14(20)9-7-13/h6-9,15-18H,2-5,10-12H2,1H3/t15-,16+,17+,18-/m0/s1. The molecule has 3 aliphatic rings. The van der Waals surface area contributed by atoms with Gasteiger partial charge in [-0.1, -0.05) is 12.1 Å². The highest BCUT2D eigenvalue weighted by molar-refractivity contribution is 5.83. The Bertz CT molecular complexity index is 588. The zero-order chi connectivity index (χ0) is 16.0. The largest absolute Gasteiger partial charge is 0.338 e. The van der Waals surface area contributed by atoms with Crippen LogP contribution in [0.1, 0.15) is 43.6 Å². The van der Waals surface area contributed by atoms with Crippen molar-refractivity contribution < 1.29 is 9.18 Å². The lowest BCUT2D eigenvalue weighted by Gasteiger charge is -2.33. The van der Waals surface area contributed by atoms with Gasteiger partial charge in [0.2, 0.25) is 5.91 Å². The van der Waals surface area contributed by atoms with Crippen LogP contribution in [-0.2, 0) is 4.79 Å². The van der Waals surface area contributed by atoms with Crippen molar-refractivity contribution in [3.63, 3.8) is 0 Å². The molecule has 1 saturated carbocycles. The highest BCUT2D eigenvalue weighted by atomic mass is 19.1. The first-order chi connectivity index (χ1) is 11.1. The molecule has 1 aromatic rings. The van der Waals surface area contributed by atoms with E-state index in [1.165, 1.54) is 25.0 Å². The second-order valence-corrected chi connectivity index (χ2v) is 7.43. The van der Waals surface area contributed by atoms with Crippen LogP contribution in [0.4, 0.5) is 4.39 Å². The van der Waals surface area contributed by atoms with Crippen LogP contribution in [0.5, 0.6) is 0 Å². The Labute approximate surface area is 137 Å². The molecule has 0 radical (unpaired) electrons. The maximum Gasteiger partial charge on any atom is 0.226 e. The lowest BCUT2D eigenvalue weighted by molar-refractivity contribution is -0.134. The number of carbonyl (C=O) groups excluding carboxylic acids is 1. The average Bonchev–Trinajstić information content (AvgIpc) is 2.99. The molecule has 1 aromatic carbocycles. The maximum atomic E-state index is 13.1. The summed E-state index contributed by atoms with van der Waals surface area (Å²) >= 11 is 0. The maximum absolute atomic E-state index is 13.1. The van der Waals surface area contributed by atoms with Gasteiger partial charge in [-0.25, -0.2) is 4.39 Å². The zero-order valence-electron chi connectivity index (χ0n) is 13.7. The van der Waals surface area contributed by atoms with Crippen LogP contribution in [-0.4, -0.2) is 47.9 Å². The molecule has 0 aromatic heterocycles. The number of likely N-dealkylation sites (tertiary alicyclic amines) is 2. The first-order valence-corrected chi connectivity index (χ1v) is 8.91. The number of carbonyl (C=O) groups is 1. The molecule has 0 bridgehead atoms. The molecule has 3 nitrogen and oxygen atoms in total. The van der Waals surface area contributed by atoms with E-state index in [4.69, 9.17) is 0 Å². The summed E-state index contributed by atoms with van der Waals surface area (Å²) < 4.78 is 13.1. The lowest BCUT2D eigenvalue weighted by Crippen LogP contribution is -2.47. The molecule has 124 valence electrons. The van der Waals surface area contributed by atoms with Crippen molar-refractivity contribution in [2.75, 3.05) is 20.1 Å². The minimum atomic E-state index is -0.207. The van der Waals surface area contributed by atoms with E-state index in [9.17, 15) is 9.18 Å². The van der Waals surface area contributed by atoms with Gasteiger partial charge in [0.05, 0.1) is 0 Å². The molecule has 4 rings (SSSR count). The van der Waals surface area contributed by atoms with Crippen molar-refractivity contribution in [1.29, 1.82) is 0 Å². The van der Waals surface area contributed by atoms with Crippen molar-refractivity contribution in [2.45, 2.75) is 50.1 Å². The van der Waals surface area contributed by atoms with Crippen molar-refractivity contribution in [3.8, 4) is 0 Å². The van der Waals surface area contributed by atoms with E-state index in [1.54, 1.807) is 0 Å². The van der Waals surface area contributed by atoms with Gasteiger partial charge in [0.15, 0.2) is 0 Å². The van der Waals surface area contributed by atoms with Crippen LogP contribution >= 0.6 is 0 Å². The van der Waals surface area contributed by atoms with E-state index >= 15 is 0 Å². The number of benzene rings is 1. The SMILES string of the molecule is CN1CCC[C@@H]1[C@@H]1CCCN1C(=O)[C@@H]1C[C@H]1c1ccc(F)cc1. The van der Waals surface area contributed by atoms with Crippen molar-refractivity contribution in [3.05, 3.63) is 35.6 Å². The van der Waals surface area contributed by atoms with Gasteiger partial charge >= 0.3 is 0 Å². The number of hydrogen-bond acceptors (Lipinski definition) is 2. The van der Waals surface area contributed by atoms with Crippen LogP contribution in [0, 0.1) is 11.7 Å². The summed E-state index contributed by atoms with van der Waals surface area (Å²) in [7, 11) is 2.19. The number of halogens is 1. The second-order valence-electron chi connectivity index (χ2n) is 7.43. The van der Waals surface area contributed by atoms with Crippen molar-refractivity contribution >= 4 is 5.91 Å². The minimum absolute atomic E-state index is 0.118. The minimum Gasteiger partial charge on any atom is -0.338 e. The number of hydrogen-bond donors (Lipinski definition) is 0. The van der Waals surface area contributed by atoms with Crippen LogP contribution in [0.15, 0.2) is 24.3 Å². The number of likely N-dealkylation sites (N-methyl/N-ethyl adjacent to an activating group) is 1.